The summed E-state index contributed by atoms with van der Waals surface area (Å²) >= 11 is 7.92. The summed E-state index contributed by atoms with van der Waals surface area (Å²) in [5.74, 6) is 1.05. The molecule has 1 fully saturated rings. The Kier molecular flexibility index (Phi) is 13.9. The van der Waals surface area contributed by atoms with Gasteiger partial charge in [-0.2, -0.15) is 5.10 Å². The van der Waals surface area contributed by atoms with E-state index in [1.807, 2.05) is 66.1 Å². The molecule has 1 saturated heterocycles. The number of halogens is 1. The summed E-state index contributed by atoms with van der Waals surface area (Å²) < 4.78 is 20.6. The molecule has 6 aromatic rings. The molecule has 0 saturated carbocycles. The largest absolute Gasteiger partial charge is 0.491 e. The number of benzene rings is 3. The van der Waals surface area contributed by atoms with Crippen LogP contribution < -0.4 is 26.2 Å². The number of anilines is 1. The molecule has 3 amide bonds. The molecule has 18 heteroatoms. The zero-order valence-electron chi connectivity index (χ0n) is 35.7. The molecule has 3 N–H and O–H groups in total. The summed E-state index contributed by atoms with van der Waals surface area (Å²) in [5.41, 5.74) is 5.09. The van der Waals surface area contributed by atoms with Gasteiger partial charge in [0.15, 0.2) is 5.82 Å². The SMILES string of the molecule is Cc1sc2c(c1C)C(c1ccc(Cl)cc1)=N[C@@H](CC(=O)NCCc1cccc(OCCOCCOCCNc3cccc4cnn(C5CCC(=O)NC5=O)c(=O)c34)c1)c1nnc(C)n1-2. The van der Waals surface area contributed by atoms with Crippen LogP contribution in [-0.2, 0) is 30.3 Å². The highest BCUT2D eigenvalue weighted by Crippen LogP contribution is 2.39. The van der Waals surface area contributed by atoms with E-state index in [1.165, 1.54) is 4.88 Å². The maximum atomic E-state index is 13.5. The predicted molar refractivity (Wildman–Crippen MR) is 244 cm³/mol. The molecule has 2 aliphatic heterocycles. The molecular weight excluding hydrogens is 858 g/mol. The summed E-state index contributed by atoms with van der Waals surface area (Å²) in [4.78, 5) is 57.2. The van der Waals surface area contributed by atoms with E-state index < -0.39 is 23.6 Å². The van der Waals surface area contributed by atoms with Crippen LogP contribution in [0.15, 0.2) is 82.7 Å². The van der Waals surface area contributed by atoms with Crippen LogP contribution >= 0.6 is 22.9 Å². The predicted octanol–water partition coefficient (Wildman–Crippen LogP) is 5.76. The lowest BCUT2D eigenvalue weighted by atomic mass is 9.99. The Morgan fingerprint density at radius 1 is 0.938 bits per heavy atom. The van der Waals surface area contributed by atoms with Gasteiger partial charge in [-0.15, -0.1) is 21.5 Å². The highest BCUT2D eigenvalue weighted by atomic mass is 35.5. The Morgan fingerprint density at radius 2 is 1.72 bits per heavy atom. The van der Waals surface area contributed by atoms with Gasteiger partial charge in [0.25, 0.3) is 11.5 Å². The fourth-order valence-corrected chi connectivity index (χ4v) is 9.15. The van der Waals surface area contributed by atoms with Gasteiger partial charge in [-0.25, -0.2) is 4.68 Å². The van der Waals surface area contributed by atoms with Crippen molar-refractivity contribution in [2.24, 2.45) is 4.99 Å². The molecule has 3 aromatic heterocycles. The Morgan fingerprint density at radius 3 is 2.53 bits per heavy atom. The summed E-state index contributed by atoms with van der Waals surface area (Å²) in [6.45, 7) is 8.82. The molecule has 64 heavy (non-hydrogen) atoms. The van der Waals surface area contributed by atoms with Crippen molar-refractivity contribution in [2.75, 3.05) is 51.4 Å². The topological polar surface area (TPSA) is 193 Å². The lowest BCUT2D eigenvalue weighted by Crippen LogP contribution is -2.45. The molecule has 1 unspecified atom stereocenters. The number of thiophene rings is 1. The lowest BCUT2D eigenvalue weighted by molar-refractivity contribution is -0.136. The molecular formula is C46H48ClN9O7S. The minimum absolute atomic E-state index is 0.107. The highest BCUT2D eigenvalue weighted by molar-refractivity contribution is 7.15. The second-order valence-corrected chi connectivity index (χ2v) is 17.1. The number of aliphatic imine (C=N–C) groups is 1. The Hall–Kier alpha value is -6.27. The van der Waals surface area contributed by atoms with E-state index in [9.17, 15) is 19.2 Å². The molecule has 16 nitrogen and oxygen atoms in total. The number of hydrogen-bond donors (Lipinski definition) is 3. The maximum absolute atomic E-state index is 13.5. The average Bonchev–Trinajstić information content (AvgIpc) is 3.76. The summed E-state index contributed by atoms with van der Waals surface area (Å²) in [5, 5.41) is 24.4. The van der Waals surface area contributed by atoms with Crippen LogP contribution in [0.4, 0.5) is 5.69 Å². The van der Waals surface area contributed by atoms with Gasteiger partial charge in [0.05, 0.1) is 50.1 Å². The van der Waals surface area contributed by atoms with Crippen molar-refractivity contribution >= 4 is 62.8 Å². The van der Waals surface area contributed by atoms with Crippen LogP contribution in [0.3, 0.4) is 0 Å². The number of nitrogens with one attached hydrogen (secondary N) is 3. The van der Waals surface area contributed by atoms with Crippen molar-refractivity contribution in [1.82, 2.24) is 35.2 Å². The van der Waals surface area contributed by atoms with E-state index in [4.69, 9.17) is 30.8 Å². The molecule has 0 radical (unpaired) electrons. The normalized spacial score (nSPS) is 15.8. The van der Waals surface area contributed by atoms with E-state index in [-0.39, 0.29) is 31.1 Å². The number of piperidine rings is 1. The van der Waals surface area contributed by atoms with Crippen molar-refractivity contribution in [1.29, 1.82) is 0 Å². The Labute approximate surface area is 378 Å². The first-order valence-electron chi connectivity index (χ1n) is 21.1. The molecule has 8 rings (SSSR count). The van der Waals surface area contributed by atoms with Crippen LogP contribution in [0.1, 0.15) is 70.1 Å². The van der Waals surface area contributed by atoms with E-state index in [1.54, 1.807) is 29.7 Å². The highest BCUT2D eigenvalue weighted by Gasteiger charge is 2.33. The summed E-state index contributed by atoms with van der Waals surface area (Å²) in [7, 11) is 0. The Bertz CT molecular complexity index is 2780. The Balaban J connectivity index is 0.759. The fraction of sp³-hybridized carbons (Fsp3) is 0.348. The van der Waals surface area contributed by atoms with Gasteiger partial charge in [0, 0.05) is 51.6 Å². The smallest absolute Gasteiger partial charge is 0.277 e. The van der Waals surface area contributed by atoms with E-state index in [0.717, 1.165) is 43.5 Å². The number of ether oxygens (including phenoxy) is 3. The monoisotopic (exact) mass is 905 g/mol. The molecule has 2 aliphatic rings. The van der Waals surface area contributed by atoms with Gasteiger partial charge in [-0.3, -0.25) is 34.1 Å². The molecule has 0 aliphatic carbocycles. The minimum Gasteiger partial charge on any atom is -0.491 e. The number of aromatic nitrogens is 5. The quantitative estimate of drug-likeness (QED) is 0.0702. The molecule has 2 atom stereocenters. The lowest BCUT2D eigenvalue weighted by Gasteiger charge is -2.22. The minimum atomic E-state index is -0.842. The van der Waals surface area contributed by atoms with E-state index >= 15 is 0 Å². The van der Waals surface area contributed by atoms with E-state index in [2.05, 4.69) is 45.1 Å². The summed E-state index contributed by atoms with van der Waals surface area (Å²) in [6, 6.07) is 19.4. The number of fused-ring (bicyclic) bond motifs is 4. The van der Waals surface area contributed by atoms with Crippen LogP contribution in [-0.4, -0.2) is 94.1 Å². The molecule has 5 heterocycles. The van der Waals surface area contributed by atoms with Crippen LogP contribution in [0.2, 0.25) is 5.02 Å². The standard InChI is InChI=1S/C46H48ClN9O7S/c1-27-28(2)64-46-40(27)42(31-10-12-33(47)13-11-31)51-36(43-54-53-29(3)55(43)46)25-39(58)49-17-16-30-6-4-8-34(24-30)63-23-22-62-21-20-61-19-18-48-35-9-5-7-32-26-50-56(45(60)41(32)35)37-14-15-38(57)52-44(37)59/h4-13,24,26,36-37,48H,14-23,25H2,1-3H3,(H,49,58)(H,52,57,59)/t36-,37?/m0/s1. The fourth-order valence-electron chi connectivity index (χ4n) is 7.81. The van der Waals surface area contributed by atoms with Crippen molar-refractivity contribution in [3.8, 4) is 10.8 Å². The van der Waals surface area contributed by atoms with Gasteiger partial charge in [-0.1, -0.05) is 48.0 Å². The molecule has 0 spiro atoms. The number of hydrogen-bond acceptors (Lipinski definition) is 13. The average molecular weight is 906 g/mol. The first-order chi connectivity index (χ1) is 31.0. The number of aryl methyl sites for hydroxylation is 2. The third-order valence-corrected chi connectivity index (χ3v) is 12.6. The number of nitrogens with zero attached hydrogens (tertiary/aromatic N) is 6. The van der Waals surface area contributed by atoms with Gasteiger partial charge < -0.3 is 24.8 Å². The second-order valence-electron chi connectivity index (χ2n) is 15.5. The second kappa shape index (κ2) is 20.1. The molecule has 332 valence electrons. The number of carbonyl (C=O) groups is 3. The van der Waals surface area contributed by atoms with Gasteiger partial charge in [0.2, 0.25) is 11.8 Å². The number of imide groups is 1. The van der Waals surface area contributed by atoms with Crippen molar-refractivity contribution in [3.63, 3.8) is 0 Å². The van der Waals surface area contributed by atoms with Gasteiger partial charge in [0.1, 0.15) is 35.3 Å². The van der Waals surface area contributed by atoms with Crippen molar-refractivity contribution in [2.45, 2.75) is 58.5 Å². The van der Waals surface area contributed by atoms with E-state index in [0.29, 0.717) is 85.6 Å². The third kappa shape index (κ3) is 9.92. The molecule has 3 aromatic carbocycles. The van der Waals surface area contributed by atoms with Crippen molar-refractivity contribution in [3.05, 3.63) is 127 Å². The zero-order valence-corrected chi connectivity index (χ0v) is 37.3. The van der Waals surface area contributed by atoms with Crippen LogP contribution in [0.5, 0.6) is 5.75 Å². The van der Waals surface area contributed by atoms with Crippen molar-refractivity contribution < 1.29 is 28.6 Å². The third-order valence-electron chi connectivity index (χ3n) is 11.1. The summed E-state index contributed by atoms with van der Waals surface area (Å²) in [6.07, 6.45) is 2.63. The van der Waals surface area contributed by atoms with Crippen LogP contribution in [0, 0.1) is 20.8 Å². The van der Waals surface area contributed by atoms with Crippen LogP contribution in [0.25, 0.3) is 15.8 Å². The number of carbonyl (C=O) groups excluding carboxylic acids is 3. The number of rotatable bonds is 18. The first-order valence-corrected chi connectivity index (χ1v) is 22.3. The zero-order chi connectivity index (χ0) is 44.7. The maximum Gasteiger partial charge on any atom is 0.277 e. The number of amides is 3. The van der Waals surface area contributed by atoms with Gasteiger partial charge >= 0.3 is 0 Å². The first kappa shape index (κ1) is 44.3. The van der Waals surface area contributed by atoms with Gasteiger partial charge in [-0.05, 0) is 75.1 Å². The molecule has 0 bridgehead atoms.